The molecule has 1 aliphatic heterocycles. The molecule has 3 rings (SSSR count). The summed E-state index contributed by atoms with van der Waals surface area (Å²) in [6, 6.07) is 4.14. The van der Waals surface area contributed by atoms with E-state index in [9.17, 15) is 4.79 Å². The summed E-state index contributed by atoms with van der Waals surface area (Å²) < 4.78 is 5.40. The zero-order valence-electron chi connectivity index (χ0n) is 12.0. The van der Waals surface area contributed by atoms with Crippen LogP contribution in [0.5, 0.6) is 0 Å². The standard InChI is InChI=1S/C15H19N3O2S/c1-18(6-4-12-3-2-8-21-12)15(19)13-9-16-17-14(13)11-5-7-20-10-11/h2-3,8-9,11H,4-7,10H2,1H3,(H,16,17)/t11-/m0/s1. The minimum atomic E-state index is 0.0298. The number of ether oxygens (including phenoxy) is 1. The number of nitrogens with one attached hydrogen (secondary N) is 1. The van der Waals surface area contributed by atoms with Crippen LogP contribution in [0.1, 0.15) is 33.3 Å². The van der Waals surface area contributed by atoms with Crippen molar-refractivity contribution in [3.05, 3.63) is 39.8 Å². The van der Waals surface area contributed by atoms with Crippen molar-refractivity contribution < 1.29 is 9.53 Å². The van der Waals surface area contributed by atoms with Crippen molar-refractivity contribution in [3.8, 4) is 0 Å². The predicted molar refractivity (Wildman–Crippen MR) is 81.7 cm³/mol. The fourth-order valence-electron chi connectivity index (χ4n) is 2.58. The molecule has 1 fully saturated rings. The van der Waals surface area contributed by atoms with Gasteiger partial charge in [-0.05, 0) is 24.3 Å². The molecule has 0 aromatic carbocycles. The average Bonchev–Trinajstić information content (AvgIpc) is 3.25. The highest BCUT2D eigenvalue weighted by molar-refractivity contribution is 7.09. The van der Waals surface area contributed by atoms with Gasteiger partial charge in [0.15, 0.2) is 0 Å². The van der Waals surface area contributed by atoms with Crippen LogP contribution in [0.2, 0.25) is 0 Å². The van der Waals surface area contributed by atoms with E-state index < -0.39 is 0 Å². The zero-order chi connectivity index (χ0) is 14.7. The molecule has 0 aliphatic carbocycles. The Labute approximate surface area is 127 Å². The third kappa shape index (κ3) is 3.16. The van der Waals surface area contributed by atoms with E-state index >= 15 is 0 Å². The number of thiophene rings is 1. The van der Waals surface area contributed by atoms with E-state index in [1.165, 1.54) is 4.88 Å². The highest BCUT2D eigenvalue weighted by Gasteiger charge is 2.26. The number of carbonyl (C=O) groups excluding carboxylic acids is 1. The summed E-state index contributed by atoms with van der Waals surface area (Å²) in [4.78, 5) is 15.6. The van der Waals surface area contributed by atoms with E-state index in [0.29, 0.717) is 18.7 Å². The molecule has 6 heteroatoms. The maximum absolute atomic E-state index is 12.6. The smallest absolute Gasteiger partial charge is 0.257 e. The fraction of sp³-hybridized carbons (Fsp3) is 0.467. The number of hydrogen-bond donors (Lipinski definition) is 1. The predicted octanol–water partition coefficient (Wildman–Crippen LogP) is 2.29. The molecule has 21 heavy (non-hydrogen) atoms. The Hall–Kier alpha value is -1.66. The van der Waals surface area contributed by atoms with Crippen LogP contribution >= 0.6 is 11.3 Å². The van der Waals surface area contributed by atoms with Crippen LogP contribution in [0.15, 0.2) is 23.7 Å². The van der Waals surface area contributed by atoms with Crippen molar-refractivity contribution in [2.24, 2.45) is 0 Å². The number of amides is 1. The molecule has 1 N–H and O–H groups in total. The van der Waals surface area contributed by atoms with Crippen LogP contribution in [0, 0.1) is 0 Å². The van der Waals surface area contributed by atoms with Crippen LogP contribution in [-0.2, 0) is 11.2 Å². The molecule has 0 unspecified atom stereocenters. The minimum Gasteiger partial charge on any atom is -0.381 e. The molecule has 0 saturated carbocycles. The Bertz CT molecular complexity index is 588. The van der Waals surface area contributed by atoms with Gasteiger partial charge < -0.3 is 9.64 Å². The number of hydrogen-bond acceptors (Lipinski definition) is 4. The second-order valence-corrected chi connectivity index (χ2v) is 6.35. The second-order valence-electron chi connectivity index (χ2n) is 5.31. The monoisotopic (exact) mass is 305 g/mol. The van der Waals surface area contributed by atoms with E-state index in [2.05, 4.69) is 21.6 Å². The summed E-state index contributed by atoms with van der Waals surface area (Å²) in [6.45, 7) is 2.14. The van der Waals surface area contributed by atoms with Crippen molar-refractivity contribution in [1.29, 1.82) is 0 Å². The van der Waals surface area contributed by atoms with Gasteiger partial charge in [-0.3, -0.25) is 9.89 Å². The largest absolute Gasteiger partial charge is 0.381 e. The summed E-state index contributed by atoms with van der Waals surface area (Å²) >= 11 is 1.72. The van der Waals surface area contributed by atoms with Crippen molar-refractivity contribution in [1.82, 2.24) is 15.1 Å². The molecule has 0 bridgehead atoms. The van der Waals surface area contributed by atoms with Gasteiger partial charge in [-0.1, -0.05) is 6.07 Å². The summed E-state index contributed by atoms with van der Waals surface area (Å²) in [5.74, 6) is 0.291. The van der Waals surface area contributed by atoms with Gasteiger partial charge in [0.05, 0.1) is 24.1 Å². The minimum absolute atomic E-state index is 0.0298. The average molecular weight is 305 g/mol. The topological polar surface area (TPSA) is 58.2 Å². The summed E-state index contributed by atoms with van der Waals surface area (Å²) in [7, 11) is 1.85. The number of aromatic nitrogens is 2. The molecule has 1 saturated heterocycles. The van der Waals surface area contributed by atoms with E-state index in [-0.39, 0.29) is 11.8 Å². The molecule has 1 aliphatic rings. The van der Waals surface area contributed by atoms with Gasteiger partial charge in [0.1, 0.15) is 0 Å². The van der Waals surface area contributed by atoms with Gasteiger partial charge in [0, 0.05) is 31.0 Å². The molecule has 2 aromatic heterocycles. The van der Waals surface area contributed by atoms with Crippen LogP contribution in [-0.4, -0.2) is 47.8 Å². The first-order chi connectivity index (χ1) is 10.3. The van der Waals surface area contributed by atoms with Crippen LogP contribution in [0.3, 0.4) is 0 Å². The molecule has 2 aromatic rings. The molecule has 1 amide bonds. The summed E-state index contributed by atoms with van der Waals surface area (Å²) in [5, 5.41) is 9.09. The third-order valence-corrected chi connectivity index (χ3v) is 4.79. The Morgan fingerprint density at radius 1 is 1.62 bits per heavy atom. The highest BCUT2D eigenvalue weighted by atomic mass is 32.1. The molecule has 1 atom stereocenters. The zero-order valence-corrected chi connectivity index (χ0v) is 12.9. The van der Waals surface area contributed by atoms with E-state index in [1.807, 2.05) is 13.1 Å². The molecule has 0 radical (unpaired) electrons. The van der Waals surface area contributed by atoms with E-state index in [4.69, 9.17) is 4.74 Å². The normalized spacial score (nSPS) is 18.0. The fourth-order valence-corrected chi connectivity index (χ4v) is 3.28. The lowest BCUT2D eigenvalue weighted by molar-refractivity contribution is 0.0795. The molecule has 3 heterocycles. The molecule has 5 nitrogen and oxygen atoms in total. The second kappa shape index (κ2) is 6.41. The van der Waals surface area contributed by atoms with Crippen LogP contribution in [0.4, 0.5) is 0 Å². The first-order valence-corrected chi connectivity index (χ1v) is 8.02. The maximum atomic E-state index is 12.6. The Kier molecular flexibility index (Phi) is 4.36. The first kappa shape index (κ1) is 14.3. The number of likely N-dealkylation sites (N-methyl/N-ethyl adjacent to an activating group) is 1. The van der Waals surface area contributed by atoms with Gasteiger partial charge in [0.25, 0.3) is 5.91 Å². The van der Waals surface area contributed by atoms with Gasteiger partial charge in [-0.2, -0.15) is 5.10 Å². The first-order valence-electron chi connectivity index (χ1n) is 7.14. The number of H-pyrrole nitrogens is 1. The molecule has 112 valence electrons. The van der Waals surface area contributed by atoms with Gasteiger partial charge in [0.2, 0.25) is 0 Å². The lowest BCUT2D eigenvalue weighted by atomic mass is 10.0. The Morgan fingerprint density at radius 3 is 3.24 bits per heavy atom. The van der Waals surface area contributed by atoms with Crippen molar-refractivity contribution in [2.75, 3.05) is 26.8 Å². The SMILES string of the molecule is CN(CCc1cccs1)C(=O)c1cn[nH]c1[C@H]1CCOC1. The summed E-state index contributed by atoms with van der Waals surface area (Å²) in [5.41, 5.74) is 1.60. The van der Waals surface area contributed by atoms with E-state index in [1.54, 1.807) is 22.4 Å². The third-order valence-electron chi connectivity index (χ3n) is 3.86. The van der Waals surface area contributed by atoms with Crippen LogP contribution < -0.4 is 0 Å². The molecular formula is C15H19N3O2S. The molecular weight excluding hydrogens is 286 g/mol. The van der Waals surface area contributed by atoms with Gasteiger partial charge in [-0.15, -0.1) is 11.3 Å². The lowest BCUT2D eigenvalue weighted by Crippen LogP contribution is -2.29. The van der Waals surface area contributed by atoms with E-state index in [0.717, 1.165) is 25.1 Å². The Balaban J connectivity index is 1.65. The van der Waals surface area contributed by atoms with Crippen molar-refractivity contribution in [2.45, 2.75) is 18.8 Å². The number of rotatable bonds is 5. The number of carbonyl (C=O) groups is 1. The van der Waals surface area contributed by atoms with Gasteiger partial charge in [-0.25, -0.2) is 0 Å². The quantitative estimate of drug-likeness (QED) is 0.922. The van der Waals surface area contributed by atoms with Crippen LogP contribution in [0.25, 0.3) is 0 Å². The number of nitrogens with zero attached hydrogens (tertiary/aromatic N) is 2. The Morgan fingerprint density at radius 2 is 2.52 bits per heavy atom. The molecule has 0 spiro atoms. The number of aromatic amines is 1. The lowest BCUT2D eigenvalue weighted by Gasteiger charge is -2.17. The maximum Gasteiger partial charge on any atom is 0.257 e. The summed E-state index contributed by atoms with van der Waals surface area (Å²) in [6.07, 6.45) is 3.47. The van der Waals surface area contributed by atoms with Crippen molar-refractivity contribution >= 4 is 17.2 Å². The van der Waals surface area contributed by atoms with Gasteiger partial charge >= 0.3 is 0 Å². The van der Waals surface area contributed by atoms with Crippen molar-refractivity contribution in [3.63, 3.8) is 0 Å². The highest BCUT2D eigenvalue weighted by Crippen LogP contribution is 2.26.